The first-order valence-electron chi connectivity index (χ1n) is 8.78. The smallest absolute Gasteiger partial charge is 0.203 e. The average molecular weight is 372 g/mol. The minimum absolute atomic E-state index is 0.585. The Balaban J connectivity index is 1.55. The second-order valence-corrected chi connectivity index (χ2v) is 8.02. The van der Waals surface area contributed by atoms with Crippen molar-refractivity contribution >= 4 is 23.6 Å². The van der Waals surface area contributed by atoms with Crippen LogP contribution in [0.25, 0.3) is 0 Å². The van der Waals surface area contributed by atoms with Gasteiger partial charge in [0.15, 0.2) is 6.67 Å². The number of thiophene rings is 1. The number of benzene rings is 1. The maximum atomic E-state index is 5.74. The summed E-state index contributed by atoms with van der Waals surface area (Å²) in [7, 11) is 0. The molecule has 1 aliphatic rings. The molecule has 0 aliphatic carbocycles. The molecule has 1 aromatic carbocycles. The molecule has 0 bridgehead atoms. The molecule has 0 radical (unpaired) electrons. The highest BCUT2D eigenvalue weighted by Crippen LogP contribution is 2.23. The number of likely N-dealkylation sites (tertiary alicyclic amines) is 1. The van der Waals surface area contributed by atoms with E-state index in [1.54, 1.807) is 4.90 Å². The molecule has 0 amide bonds. The summed E-state index contributed by atoms with van der Waals surface area (Å²) in [5, 5.41) is 6.92. The molecule has 2 atom stereocenters. The summed E-state index contributed by atoms with van der Waals surface area (Å²) >= 11 is 7.61. The summed E-state index contributed by atoms with van der Waals surface area (Å²) in [4.78, 5) is 3.06. The van der Waals surface area contributed by atoms with Crippen LogP contribution in [0.2, 0.25) is 0 Å². The van der Waals surface area contributed by atoms with Crippen molar-refractivity contribution < 1.29 is 4.90 Å². The number of aryl methyl sites for hydroxylation is 1. The van der Waals surface area contributed by atoms with Crippen LogP contribution in [0.5, 0.6) is 0 Å². The number of quaternary nitrogens is 1. The van der Waals surface area contributed by atoms with Crippen LogP contribution in [0.15, 0.2) is 47.8 Å². The maximum absolute atomic E-state index is 5.74. The van der Waals surface area contributed by atoms with Gasteiger partial charge in [-0.15, -0.1) is 11.3 Å². The van der Waals surface area contributed by atoms with Crippen molar-refractivity contribution in [2.75, 3.05) is 6.54 Å². The van der Waals surface area contributed by atoms with Gasteiger partial charge in [0, 0.05) is 12.8 Å². The molecule has 3 heterocycles. The standard InChI is InChI=1S/C19H22N4S2/c1-15-20-23(19(24)22(15)13-16-7-3-2-4-8-16)14-21-11-5-9-17(21)18-10-6-12-25-18/h2-4,6-8,10,12,17H,5,9,11,13-14H2,1H3/p+1/t17-/m1/s1. The summed E-state index contributed by atoms with van der Waals surface area (Å²) in [6.45, 7) is 4.87. The molecular formula is C19H23N4S2+. The fraction of sp³-hybridized carbons (Fsp3) is 0.368. The molecule has 130 valence electrons. The fourth-order valence-electron chi connectivity index (χ4n) is 3.73. The average Bonchev–Trinajstić information content (AvgIpc) is 3.34. The zero-order valence-electron chi connectivity index (χ0n) is 14.4. The van der Waals surface area contributed by atoms with Gasteiger partial charge in [0.05, 0.1) is 18.0 Å². The van der Waals surface area contributed by atoms with Crippen LogP contribution in [-0.2, 0) is 13.2 Å². The molecule has 1 N–H and O–H groups in total. The van der Waals surface area contributed by atoms with Crippen molar-refractivity contribution in [3.8, 4) is 0 Å². The molecule has 1 aliphatic heterocycles. The van der Waals surface area contributed by atoms with E-state index in [2.05, 4.69) is 46.3 Å². The monoisotopic (exact) mass is 371 g/mol. The van der Waals surface area contributed by atoms with Gasteiger partial charge in [-0.2, -0.15) is 9.78 Å². The van der Waals surface area contributed by atoms with Gasteiger partial charge in [-0.1, -0.05) is 36.4 Å². The quantitative estimate of drug-likeness (QED) is 0.698. The van der Waals surface area contributed by atoms with Gasteiger partial charge in [0.2, 0.25) is 4.77 Å². The highest BCUT2D eigenvalue weighted by molar-refractivity contribution is 7.71. The van der Waals surface area contributed by atoms with Crippen LogP contribution in [0.4, 0.5) is 0 Å². The van der Waals surface area contributed by atoms with Crippen molar-refractivity contribution in [1.82, 2.24) is 14.3 Å². The van der Waals surface area contributed by atoms with Gasteiger partial charge in [-0.05, 0) is 36.2 Å². The topological polar surface area (TPSA) is 27.2 Å². The van der Waals surface area contributed by atoms with Gasteiger partial charge in [0.1, 0.15) is 11.9 Å². The predicted octanol–water partition coefficient (Wildman–Crippen LogP) is 3.21. The number of nitrogens with one attached hydrogen (secondary N) is 1. The van der Waals surface area contributed by atoms with Crippen LogP contribution < -0.4 is 4.90 Å². The molecule has 4 rings (SSSR count). The van der Waals surface area contributed by atoms with Gasteiger partial charge >= 0.3 is 0 Å². The van der Waals surface area contributed by atoms with E-state index >= 15 is 0 Å². The number of nitrogens with zero attached hydrogens (tertiary/aromatic N) is 3. The molecule has 0 saturated carbocycles. The molecule has 4 nitrogen and oxygen atoms in total. The minimum Gasteiger partial charge on any atom is -0.309 e. The van der Waals surface area contributed by atoms with Crippen molar-refractivity contribution in [1.29, 1.82) is 0 Å². The second kappa shape index (κ2) is 7.23. The first-order valence-corrected chi connectivity index (χ1v) is 10.1. The largest absolute Gasteiger partial charge is 0.309 e. The zero-order chi connectivity index (χ0) is 17.2. The van der Waals surface area contributed by atoms with Crippen LogP contribution in [0.3, 0.4) is 0 Å². The Morgan fingerprint density at radius 1 is 1.24 bits per heavy atom. The van der Waals surface area contributed by atoms with Crippen molar-refractivity contribution in [2.45, 2.75) is 39.0 Å². The van der Waals surface area contributed by atoms with E-state index in [-0.39, 0.29) is 0 Å². The Kier molecular flexibility index (Phi) is 4.83. The third-order valence-corrected chi connectivity index (χ3v) is 6.43. The molecule has 1 unspecified atom stereocenters. The molecule has 1 fully saturated rings. The zero-order valence-corrected chi connectivity index (χ0v) is 16.0. The van der Waals surface area contributed by atoms with Gasteiger partial charge < -0.3 is 4.90 Å². The van der Waals surface area contributed by atoms with Gasteiger partial charge in [-0.3, -0.25) is 4.57 Å². The number of hydrogen-bond donors (Lipinski definition) is 1. The third kappa shape index (κ3) is 3.47. The number of rotatable bonds is 5. The van der Waals surface area contributed by atoms with Crippen molar-refractivity contribution in [3.05, 3.63) is 68.9 Å². The summed E-state index contributed by atoms with van der Waals surface area (Å²) in [5.74, 6) is 0.986. The third-order valence-electron chi connectivity index (χ3n) is 5.01. The van der Waals surface area contributed by atoms with E-state index in [9.17, 15) is 0 Å². The molecule has 0 spiro atoms. The molecule has 1 saturated heterocycles. The Labute approximate surface area is 157 Å². The number of hydrogen-bond acceptors (Lipinski definition) is 3. The molecule has 6 heteroatoms. The number of aromatic nitrogens is 3. The first-order chi connectivity index (χ1) is 12.2. The van der Waals surface area contributed by atoms with Crippen LogP contribution in [0.1, 0.15) is 35.1 Å². The maximum Gasteiger partial charge on any atom is 0.203 e. The Bertz CT molecular complexity index is 880. The SMILES string of the molecule is Cc1nn(C[NH+]2CCC[C@@H]2c2cccs2)c(=S)n1Cc1ccccc1. The van der Waals surface area contributed by atoms with Gasteiger partial charge in [0.25, 0.3) is 0 Å². The van der Waals surface area contributed by atoms with Crippen LogP contribution >= 0.6 is 23.6 Å². The van der Waals surface area contributed by atoms with E-state index < -0.39 is 0 Å². The van der Waals surface area contributed by atoms with Crippen molar-refractivity contribution in [3.63, 3.8) is 0 Å². The van der Waals surface area contributed by atoms with E-state index in [4.69, 9.17) is 17.3 Å². The lowest BCUT2D eigenvalue weighted by molar-refractivity contribution is -0.941. The highest BCUT2D eigenvalue weighted by Gasteiger charge is 2.31. The van der Waals surface area contributed by atoms with E-state index in [0.29, 0.717) is 6.04 Å². The summed E-state index contributed by atoms with van der Waals surface area (Å²) < 4.78 is 4.99. The Morgan fingerprint density at radius 3 is 2.84 bits per heavy atom. The lowest BCUT2D eigenvalue weighted by atomic mass is 10.2. The molecule has 25 heavy (non-hydrogen) atoms. The Hall–Kier alpha value is -1.76. The summed E-state index contributed by atoms with van der Waals surface area (Å²) in [6, 6.07) is 15.5. The molecular weight excluding hydrogens is 348 g/mol. The van der Waals surface area contributed by atoms with E-state index in [0.717, 1.165) is 23.8 Å². The Morgan fingerprint density at radius 2 is 2.08 bits per heavy atom. The summed E-state index contributed by atoms with van der Waals surface area (Å²) in [6.07, 6.45) is 2.53. The van der Waals surface area contributed by atoms with Crippen LogP contribution in [0, 0.1) is 11.7 Å². The fourth-order valence-corrected chi connectivity index (χ4v) is 4.95. The van der Waals surface area contributed by atoms with E-state index in [1.807, 2.05) is 29.0 Å². The first kappa shape index (κ1) is 16.7. The normalized spacial score (nSPS) is 20.2. The van der Waals surface area contributed by atoms with Crippen molar-refractivity contribution in [2.24, 2.45) is 0 Å². The van der Waals surface area contributed by atoms with Crippen LogP contribution in [-0.4, -0.2) is 20.9 Å². The molecule has 3 aromatic rings. The highest BCUT2D eigenvalue weighted by atomic mass is 32.1. The lowest BCUT2D eigenvalue weighted by Crippen LogP contribution is -3.09. The molecule has 2 aromatic heterocycles. The second-order valence-electron chi connectivity index (χ2n) is 6.68. The predicted molar refractivity (Wildman–Crippen MR) is 103 cm³/mol. The van der Waals surface area contributed by atoms with Gasteiger partial charge in [-0.25, -0.2) is 0 Å². The minimum atomic E-state index is 0.585. The lowest BCUT2D eigenvalue weighted by Gasteiger charge is -2.20. The summed E-state index contributed by atoms with van der Waals surface area (Å²) in [5.41, 5.74) is 1.26. The van der Waals surface area contributed by atoms with E-state index in [1.165, 1.54) is 29.8 Å².